The van der Waals surface area contributed by atoms with E-state index in [1.807, 2.05) is 6.07 Å². The Morgan fingerprint density at radius 2 is 2.05 bits per heavy atom. The lowest BCUT2D eigenvalue weighted by atomic mass is 10.4. The normalized spacial score (nSPS) is 11.3. The third-order valence-electron chi connectivity index (χ3n) is 2.28. The molecular weight excluding hydrogens is 272 g/mol. The van der Waals surface area contributed by atoms with E-state index in [0.29, 0.717) is 0 Å². The van der Waals surface area contributed by atoms with Crippen molar-refractivity contribution in [2.75, 3.05) is 39.2 Å². The van der Waals surface area contributed by atoms with Crippen molar-refractivity contribution in [1.29, 1.82) is 5.26 Å². The van der Waals surface area contributed by atoms with E-state index in [1.54, 1.807) is 6.92 Å². The highest BCUT2D eigenvalue weighted by molar-refractivity contribution is 7.89. The lowest BCUT2D eigenvalue weighted by Crippen LogP contribution is -2.37. The Bertz CT molecular complexity index is 402. The van der Waals surface area contributed by atoms with Crippen molar-refractivity contribution in [2.24, 2.45) is 0 Å². The average Bonchev–Trinajstić information content (AvgIpc) is 2.37. The Kier molecular flexibility index (Phi) is 9.12. The van der Waals surface area contributed by atoms with Crippen molar-refractivity contribution in [3.63, 3.8) is 0 Å². The topological polar surface area (TPSA) is 96.7 Å². The predicted octanol–water partition coefficient (Wildman–Crippen LogP) is 0.131. The summed E-state index contributed by atoms with van der Waals surface area (Å²) in [7, 11) is -2.11. The van der Waals surface area contributed by atoms with Crippen molar-refractivity contribution in [1.82, 2.24) is 4.31 Å². The number of sulfonamides is 1. The highest BCUT2D eigenvalue weighted by atomic mass is 32.2. The van der Waals surface area contributed by atoms with Gasteiger partial charge in [-0.15, -0.1) is 0 Å². The van der Waals surface area contributed by atoms with Crippen LogP contribution < -0.4 is 0 Å². The molecule has 0 bridgehead atoms. The summed E-state index contributed by atoms with van der Waals surface area (Å²) in [6, 6.07) is 1.89. The molecule has 8 heteroatoms. The molecule has 0 saturated carbocycles. The monoisotopic (exact) mass is 292 g/mol. The number of hydrogen-bond acceptors (Lipinski definition) is 6. The van der Waals surface area contributed by atoms with Crippen LogP contribution in [0.4, 0.5) is 0 Å². The number of nitrogens with zero attached hydrogens (tertiary/aromatic N) is 2. The van der Waals surface area contributed by atoms with Crippen LogP contribution in [0.3, 0.4) is 0 Å². The lowest BCUT2D eigenvalue weighted by Gasteiger charge is -2.20. The fraction of sp³-hybridized carbons (Fsp3) is 0.818. The van der Waals surface area contributed by atoms with Gasteiger partial charge in [0.15, 0.2) is 0 Å². The van der Waals surface area contributed by atoms with Crippen LogP contribution in [0.5, 0.6) is 0 Å². The zero-order valence-corrected chi connectivity index (χ0v) is 12.1. The summed E-state index contributed by atoms with van der Waals surface area (Å²) < 4.78 is 34.7. The second-order valence-electron chi connectivity index (χ2n) is 3.67. The Hall–Kier alpha value is -1.17. The number of carbonyl (C=O) groups excluding carboxylic acids is 1. The minimum absolute atomic E-state index is 0.0996. The first-order chi connectivity index (χ1) is 8.97. The van der Waals surface area contributed by atoms with E-state index < -0.39 is 16.0 Å². The molecule has 0 aliphatic heterocycles. The first-order valence-corrected chi connectivity index (χ1v) is 7.58. The van der Waals surface area contributed by atoms with E-state index in [0.717, 1.165) is 0 Å². The fourth-order valence-electron chi connectivity index (χ4n) is 1.33. The smallest absolute Gasteiger partial charge is 0.306 e. The van der Waals surface area contributed by atoms with Gasteiger partial charge in [-0.1, -0.05) is 0 Å². The van der Waals surface area contributed by atoms with Crippen LogP contribution >= 0.6 is 0 Å². The molecule has 0 N–H and O–H groups in total. The molecule has 0 spiro atoms. The second-order valence-corrected chi connectivity index (χ2v) is 5.76. The van der Waals surface area contributed by atoms with Crippen molar-refractivity contribution >= 4 is 16.0 Å². The van der Waals surface area contributed by atoms with Gasteiger partial charge in [-0.05, 0) is 6.92 Å². The van der Waals surface area contributed by atoms with Crippen molar-refractivity contribution in [3.8, 4) is 6.07 Å². The van der Waals surface area contributed by atoms with Crippen LogP contribution in [0, 0.1) is 11.3 Å². The maximum absolute atomic E-state index is 12.0. The van der Waals surface area contributed by atoms with Gasteiger partial charge in [0.2, 0.25) is 10.0 Å². The van der Waals surface area contributed by atoms with E-state index in [-0.39, 0.29) is 44.9 Å². The Balaban J connectivity index is 4.50. The first kappa shape index (κ1) is 17.8. The Morgan fingerprint density at radius 3 is 2.58 bits per heavy atom. The molecule has 0 unspecified atom stereocenters. The van der Waals surface area contributed by atoms with E-state index in [4.69, 9.17) is 10.00 Å². The molecule has 0 aromatic rings. The van der Waals surface area contributed by atoms with Crippen LogP contribution in [-0.2, 0) is 24.3 Å². The summed E-state index contributed by atoms with van der Waals surface area (Å²) in [4.78, 5) is 11.2. The van der Waals surface area contributed by atoms with E-state index in [1.165, 1.54) is 11.4 Å². The molecule has 0 aliphatic carbocycles. The number of carbonyl (C=O) groups is 1. The summed E-state index contributed by atoms with van der Waals surface area (Å²) >= 11 is 0. The Morgan fingerprint density at radius 1 is 1.37 bits per heavy atom. The van der Waals surface area contributed by atoms with Crippen LogP contribution in [0.15, 0.2) is 0 Å². The van der Waals surface area contributed by atoms with Gasteiger partial charge in [-0.25, -0.2) is 8.42 Å². The van der Waals surface area contributed by atoms with Crippen LogP contribution in [0.25, 0.3) is 0 Å². The number of ether oxygens (including phenoxy) is 2. The van der Waals surface area contributed by atoms with Gasteiger partial charge in [0.25, 0.3) is 0 Å². The molecule has 0 fully saturated rings. The fourth-order valence-corrected chi connectivity index (χ4v) is 2.74. The molecule has 0 aromatic carbocycles. The highest BCUT2D eigenvalue weighted by Gasteiger charge is 2.22. The van der Waals surface area contributed by atoms with Gasteiger partial charge in [0, 0.05) is 26.6 Å². The first-order valence-electron chi connectivity index (χ1n) is 5.97. The molecule has 0 rings (SSSR count). The van der Waals surface area contributed by atoms with Gasteiger partial charge < -0.3 is 9.47 Å². The van der Waals surface area contributed by atoms with E-state index in [9.17, 15) is 13.2 Å². The summed E-state index contributed by atoms with van der Waals surface area (Å²) in [5.74, 6) is -0.862. The van der Waals surface area contributed by atoms with E-state index in [2.05, 4.69) is 4.74 Å². The van der Waals surface area contributed by atoms with Gasteiger partial charge in [-0.2, -0.15) is 9.57 Å². The minimum Gasteiger partial charge on any atom is -0.466 e. The molecule has 0 aromatic heterocycles. The molecule has 0 heterocycles. The zero-order valence-electron chi connectivity index (χ0n) is 11.3. The molecule has 0 amide bonds. The van der Waals surface area contributed by atoms with Crippen molar-refractivity contribution in [2.45, 2.75) is 19.8 Å². The van der Waals surface area contributed by atoms with Crippen molar-refractivity contribution < 1.29 is 22.7 Å². The number of methoxy groups -OCH3 is 1. The predicted molar refractivity (Wildman–Crippen MR) is 68.7 cm³/mol. The molecular formula is C11H20N2O5S. The third-order valence-corrected chi connectivity index (χ3v) is 4.15. The molecule has 0 aliphatic rings. The average molecular weight is 292 g/mol. The van der Waals surface area contributed by atoms with Crippen LogP contribution in [0.2, 0.25) is 0 Å². The van der Waals surface area contributed by atoms with E-state index >= 15 is 0 Å². The van der Waals surface area contributed by atoms with Gasteiger partial charge in [0.05, 0.1) is 31.5 Å². The molecule has 0 atom stereocenters. The maximum atomic E-state index is 12.0. The third kappa shape index (κ3) is 7.77. The molecule has 110 valence electrons. The zero-order chi connectivity index (χ0) is 14.7. The molecule has 7 nitrogen and oxygen atoms in total. The van der Waals surface area contributed by atoms with Crippen molar-refractivity contribution in [3.05, 3.63) is 0 Å². The van der Waals surface area contributed by atoms with Gasteiger partial charge >= 0.3 is 5.97 Å². The molecule has 0 radical (unpaired) electrons. The molecule has 19 heavy (non-hydrogen) atoms. The second kappa shape index (κ2) is 9.72. The number of hydrogen-bond donors (Lipinski definition) is 0. The Labute approximate surface area is 114 Å². The molecule has 0 saturated heterocycles. The van der Waals surface area contributed by atoms with Crippen LogP contribution in [0.1, 0.15) is 19.8 Å². The SMILES string of the molecule is CCOC(=O)CCS(=O)(=O)N(CCC#N)CCOC. The van der Waals surface area contributed by atoms with Gasteiger partial charge in [-0.3, -0.25) is 4.79 Å². The lowest BCUT2D eigenvalue weighted by molar-refractivity contribution is -0.142. The summed E-state index contributed by atoms with van der Waals surface area (Å²) in [6.45, 7) is 2.39. The summed E-state index contributed by atoms with van der Waals surface area (Å²) in [6.07, 6.45) is -0.0887. The van der Waals surface area contributed by atoms with Gasteiger partial charge in [0.1, 0.15) is 0 Å². The summed E-state index contributed by atoms with van der Waals surface area (Å²) in [5.41, 5.74) is 0. The van der Waals surface area contributed by atoms with Crippen LogP contribution in [-0.4, -0.2) is 57.9 Å². The number of esters is 1. The number of nitriles is 1. The standard InChI is InChI=1S/C11H20N2O5S/c1-3-18-11(14)5-10-19(15,16)13(7-4-6-12)8-9-17-2/h3-5,7-10H2,1-2H3. The number of rotatable bonds is 10. The minimum atomic E-state index is -3.58. The summed E-state index contributed by atoms with van der Waals surface area (Å²) in [5, 5.41) is 8.52. The highest BCUT2D eigenvalue weighted by Crippen LogP contribution is 2.05. The maximum Gasteiger partial charge on any atom is 0.306 e. The largest absolute Gasteiger partial charge is 0.466 e. The quantitative estimate of drug-likeness (QED) is 0.531.